The number of hydrogen-bond acceptors (Lipinski definition) is 6. The molecule has 3 rings (SSSR count). The summed E-state index contributed by atoms with van der Waals surface area (Å²) in [7, 11) is 1.52. The van der Waals surface area contributed by atoms with Crippen LogP contribution in [0.25, 0.3) is 11.3 Å². The van der Waals surface area contributed by atoms with Gasteiger partial charge in [0.2, 0.25) is 5.91 Å². The minimum atomic E-state index is -0.426. The third-order valence-electron chi connectivity index (χ3n) is 5.31. The Bertz CT molecular complexity index is 957. The Morgan fingerprint density at radius 2 is 2.00 bits per heavy atom. The number of ether oxygens (including phenoxy) is 1. The van der Waals surface area contributed by atoms with Crippen LogP contribution in [0.4, 0.5) is 4.39 Å². The number of benzene rings is 1. The molecule has 1 unspecified atom stereocenters. The molecule has 0 aliphatic carbocycles. The summed E-state index contributed by atoms with van der Waals surface area (Å²) in [6.45, 7) is 4.32. The monoisotopic (exact) mass is 431 g/mol. The number of hydrogen-bond donors (Lipinski definition) is 0. The molecule has 166 valence electrons. The molecule has 0 radical (unpaired) electrons. The predicted octanol–water partition coefficient (Wildman–Crippen LogP) is 2.66. The van der Waals surface area contributed by atoms with Gasteiger partial charge in [0, 0.05) is 25.7 Å². The van der Waals surface area contributed by atoms with Gasteiger partial charge in [-0.25, -0.2) is 4.39 Å². The maximum Gasteiger partial charge on any atom is 0.310 e. The molecule has 1 saturated heterocycles. The fourth-order valence-electron chi connectivity index (χ4n) is 3.65. The molecule has 1 fully saturated rings. The van der Waals surface area contributed by atoms with Gasteiger partial charge in [0.25, 0.3) is 5.91 Å². The Hall–Kier alpha value is -3.23. The van der Waals surface area contributed by atoms with Crippen molar-refractivity contribution in [2.45, 2.75) is 26.7 Å². The highest BCUT2D eigenvalue weighted by Crippen LogP contribution is 2.26. The van der Waals surface area contributed by atoms with Crippen molar-refractivity contribution in [3.05, 3.63) is 41.4 Å². The molecule has 0 N–H and O–H groups in total. The van der Waals surface area contributed by atoms with E-state index in [2.05, 4.69) is 5.16 Å². The summed E-state index contributed by atoms with van der Waals surface area (Å²) < 4.78 is 23.5. The van der Waals surface area contributed by atoms with E-state index >= 15 is 0 Å². The standard InChI is InChI=1S/C22H26FN3O5/c1-4-30-22(29)16-6-5-11-26(12-16)18(27)13-25(3)21(28)19-14(2)31-24-20(19)15-7-9-17(23)10-8-15/h7-10,16H,4-6,11-13H2,1-3H3. The molecule has 8 nitrogen and oxygen atoms in total. The Kier molecular flexibility index (Phi) is 7.04. The smallest absolute Gasteiger partial charge is 0.310 e. The van der Waals surface area contributed by atoms with Crippen LogP contribution < -0.4 is 0 Å². The zero-order chi connectivity index (χ0) is 22.5. The summed E-state index contributed by atoms with van der Waals surface area (Å²) >= 11 is 0. The fraction of sp³-hybridized carbons (Fsp3) is 0.455. The Labute approximate surface area is 179 Å². The molecule has 2 heterocycles. The highest BCUT2D eigenvalue weighted by molar-refractivity contribution is 6.02. The maximum absolute atomic E-state index is 13.2. The minimum absolute atomic E-state index is 0.151. The number of nitrogens with zero attached hydrogens (tertiary/aromatic N) is 3. The number of aromatic nitrogens is 1. The van der Waals surface area contributed by atoms with Gasteiger partial charge in [0.1, 0.15) is 22.8 Å². The number of carbonyl (C=O) groups is 3. The largest absolute Gasteiger partial charge is 0.466 e. The molecule has 1 aliphatic rings. The van der Waals surface area contributed by atoms with E-state index in [0.717, 1.165) is 0 Å². The summed E-state index contributed by atoms with van der Waals surface area (Å²) in [6, 6.07) is 5.57. The highest BCUT2D eigenvalue weighted by atomic mass is 19.1. The third-order valence-corrected chi connectivity index (χ3v) is 5.31. The van der Waals surface area contributed by atoms with Crippen molar-refractivity contribution in [1.29, 1.82) is 0 Å². The number of likely N-dealkylation sites (tertiary alicyclic amines) is 1. The van der Waals surface area contributed by atoms with Crippen molar-refractivity contribution in [3.63, 3.8) is 0 Å². The molecule has 0 saturated carbocycles. The number of aryl methyl sites for hydroxylation is 1. The lowest BCUT2D eigenvalue weighted by Gasteiger charge is -2.32. The number of halogens is 1. The lowest BCUT2D eigenvalue weighted by Crippen LogP contribution is -2.47. The molecule has 31 heavy (non-hydrogen) atoms. The second-order valence-electron chi connectivity index (χ2n) is 7.56. The van der Waals surface area contributed by atoms with Crippen molar-refractivity contribution in [1.82, 2.24) is 15.0 Å². The Morgan fingerprint density at radius 1 is 1.29 bits per heavy atom. The van der Waals surface area contributed by atoms with Crippen LogP contribution in [0.2, 0.25) is 0 Å². The van der Waals surface area contributed by atoms with Gasteiger partial charge in [-0.2, -0.15) is 0 Å². The third kappa shape index (κ3) is 5.10. The molecular formula is C22H26FN3O5. The van der Waals surface area contributed by atoms with Crippen molar-refractivity contribution in [2.24, 2.45) is 5.92 Å². The van der Waals surface area contributed by atoms with Gasteiger partial charge in [0.05, 0.1) is 19.1 Å². The van der Waals surface area contributed by atoms with E-state index in [4.69, 9.17) is 9.26 Å². The Balaban J connectivity index is 1.70. The topological polar surface area (TPSA) is 93.0 Å². The SMILES string of the molecule is CCOC(=O)C1CCCN(C(=O)CN(C)C(=O)c2c(-c3ccc(F)cc3)noc2C)C1. The number of rotatable bonds is 6. The van der Waals surface area contributed by atoms with E-state index in [1.165, 1.54) is 36.2 Å². The lowest BCUT2D eigenvalue weighted by molar-refractivity contribution is -0.151. The first-order chi connectivity index (χ1) is 14.8. The molecular weight excluding hydrogens is 405 g/mol. The molecule has 1 aromatic carbocycles. The average molecular weight is 431 g/mol. The van der Waals surface area contributed by atoms with Crippen LogP contribution in [0, 0.1) is 18.7 Å². The van der Waals surface area contributed by atoms with E-state index in [-0.39, 0.29) is 36.4 Å². The van der Waals surface area contributed by atoms with Gasteiger partial charge in [0.15, 0.2) is 0 Å². The van der Waals surface area contributed by atoms with Gasteiger partial charge < -0.3 is 19.1 Å². The van der Waals surface area contributed by atoms with Crippen LogP contribution in [0.5, 0.6) is 0 Å². The summed E-state index contributed by atoms with van der Waals surface area (Å²) in [4.78, 5) is 40.8. The van der Waals surface area contributed by atoms with Gasteiger partial charge >= 0.3 is 5.97 Å². The summed E-state index contributed by atoms with van der Waals surface area (Å²) in [5.41, 5.74) is 1.06. The number of piperidine rings is 1. The van der Waals surface area contributed by atoms with Gasteiger partial charge in [-0.1, -0.05) is 5.16 Å². The molecule has 0 spiro atoms. The predicted molar refractivity (Wildman–Crippen MR) is 110 cm³/mol. The van der Waals surface area contributed by atoms with Crippen LogP contribution in [0.15, 0.2) is 28.8 Å². The number of likely N-dealkylation sites (N-methyl/N-ethyl adjacent to an activating group) is 1. The highest BCUT2D eigenvalue weighted by Gasteiger charge is 2.31. The molecule has 9 heteroatoms. The van der Waals surface area contributed by atoms with Crippen LogP contribution in [-0.2, 0) is 14.3 Å². The minimum Gasteiger partial charge on any atom is -0.466 e. The van der Waals surface area contributed by atoms with Gasteiger partial charge in [-0.05, 0) is 51.0 Å². The summed E-state index contributed by atoms with van der Waals surface area (Å²) in [5.74, 6) is -1.41. The van der Waals surface area contributed by atoms with E-state index in [0.29, 0.717) is 43.0 Å². The summed E-state index contributed by atoms with van der Waals surface area (Å²) in [5, 5.41) is 3.94. The fourth-order valence-corrected chi connectivity index (χ4v) is 3.65. The van der Waals surface area contributed by atoms with Gasteiger partial charge in [-0.15, -0.1) is 0 Å². The second kappa shape index (κ2) is 9.72. The van der Waals surface area contributed by atoms with E-state index in [1.807, 2.05) is 0 Å². The quantitative estimate of drug-likeness (QED) is 0.653. The molecule has 1 aromatic heterocycles. The number of esters is 1. The number of carbonyl (C=O) groups excluding carboxylic acids is 3. The van der Waals surface area contributed by atoms with Gasteiger partial charge in [-0.3, -0.25) is 14.4 Å². The first-order valence-corrected chi connectivity index (χ1v) is 10.2. The lowest BCUT2D eigenvalue weighted by atomic mass is 9.98. The van der Waals surface area contributed by atoms with Crippen molar-refractivity contribution < 1.29 is 28.0 Å². The van der Waals surface area contributed by atoms with Crippen LogP contribution in [-0.4, -0.2) is 66.0 Å². The van der Waals surface area contributed by atoms with Crippen molar-refractivity contribution >= 4 is 17.8 Å². The molecule has 0 bridgehead atoms. The molecule has 2 aromatic rings. The maximum atomic E-state index is 13.2. The first kappa shape index (κ1) is 22.5. The number of amides is 2. The van der Waals surface area contributed by atoms with Crippen LogP contribution in [0.3, 0.4) is 0 Å². The van der Waals surface area contributed by atoms with E-state index in [1.54, 1.807) is 18.7 Å². The zero-order valence-electron chi connectivity index (χ0n) is 17.9. The van der Waals surface area contributed by atoms with Crippen LogP contribution >= 0.6 is 0 Å². The Morgan fingerprint density at radius 3 is 2.68 bits per heavy atom. The first-order valence-electron chi connectivity index (χ1n) is 10.2. The van der Waals surface area contributed by atoms with Crippen LogP contribution in [0.1, 0.15) is 35.9 Å². The second-order valence-corrected chi connectivity index (χ2v) is 7.56. The van der Waals surface area contributed by atoms with Crippen molar-refractivity contribution in [2.75, 3.05) is 33.3 Å². The van der Waals surface area contributed by atoms with E-state index < -0.39 is 11.7 Å². The molecule has 1 aliphatic heterocycles. The van der Waals surface area contributed by atoms with Crippen molar-refractivity contribution in [3.8, 4) is 11.3 Å². The molecule has 1 atom stereocenters. The van der Waals surface area contributed by atoms with E-state index in [9.17, 15) is 18.8 Å². The molecule has 2 amide bonds. The zero-order valence-corrected chi connectivity index (χ0v) is 17.9. The summed E-state index contributed by atoms with van der Waals surface area (Å²) in [6.07, 6.45) is 1.38. The average Bonchev–Trinajstić information content (AvgIpc) is 3.15. The normalized spacial score (nSPS) is 16.1.